The number of nitrogens with two attached hydrogens (primary N) is 1. The first-order chi connectivity index (χ1) is 41.8. The maximum absolute atomic E-state index is 11.4. The fourth-order valence-electron chi connectivity index (χ4n) is 8.98. The minimum absolute atomic E-state index is 0. The molecule has 89 heavy (non-hydrogen) atoms. The first-order valence-electron chi connectivity index (χ1n) is 28.7. The smallest absolute Gasteiger partial charge is 0.870 e. The number of carbonyl (C=O) groups excluding carboxylic acids is 2. The van der Waals surface area contributed by atoms with Crippen molar-refractivity contribution < 1.29 is 73.8 Å². The Morgan fingerprint density at radius 1 is 0.607 bits per heavy atom. The molecule has 11 rings (SSSR count). The Bertz CT molecular complexity index is 3410. The number of aryl methyl sites for hydroxylation is 3. The van der Waals surface area contributed by atoms with Crippen molar-refractivity contribution in [3.05, 3.63) is 196 Å². The normalized spacial score (nSPS) is 16.8. The summed E-state index contributed by atoms with van der Waals surface area (Å²) in [6, 6.07) is 46.3. The number of amides is 2. The van der Waals surface area contributed by atoms with Crippen LogP contribution in [0.4, 0.5) is 16.4 Å². The molecule has 0 spiro atoms. The van der Waals surface area contributed by atoms with Gasteiger partial charge in [0.1, 0.15) is 81.9 Å². The van der Waals surface area contributed by atoms with E-state index in [4.69, 9.17) is 57.2 Å². The molecule has 4 saturated heterocycles. The fraction of sp³-hybridized carbons (Fsp3) is 0.343. The van der Waals surface area contributed by atoms with Crippen molar-refractivity contribution in [2.75, 3.05) is 62.2 Å². The largest absolute Gasteiger partial charge is 1.00 e. The number of anilines is 2. The molecule has 22 heteroatoms. The summed E-state index contributed by atoms with van der Waals surface area (Å²) in [4.78, 5) is 41.5. The van der Waals surface area contributed by atoms with Crippen molar-refractivity contribution in [1.82, 2.24) is 25.2 Å². The van der Waals surface area contributed by atoms with Crippen LogP contribution in [0.25, 0.3) is 0 Å². The van der Waals surface area contributed by atoms with E-state index in [0.717, 1.165) is 86.9 Å². The molecule has 0 unspecified atom stereocenters. The number of ether oxygens (including phenoxy) is 4. The zero-order chi connectivity index (χ0) is 62.7. The summed E-state index contributed by atoms with van der Waals surface area (Å²) in [5, 5.41) is 48.1. The van der Waals surface area contributed by atoms with Crippen molar-refractivity contribution in [2.24, 2.45) is 5.73 Å². The van der Waals surface area contributed by atoms with E-state index in [0.29, 0.717) is 64.2 Å². The number of benzene rings is 4. The molecule has 0 bridgehead atoms. The third-order valence-electron chi connectivity index (χ3n) is 13.5. The van der Waals surface area contributed by atoms with Gasteiger partial charge >= 0.3 is 35.7 Å². The molecule has 0 radical (unpaired) electrons. The van der Waals surface area contributed by atoms with Crippen molar-refractivity contribution in [3.8, 4) is 41.2 Å². The van der Waals surface area contributed by atoms with E-state index < -0.39 is 11.5 Å². The zero-order valence-corrected chi connectivity index (χ0v) is 54.3. The first-order valence-corrected chi connectivity index (χ1v) is 29.0. The summed E-state index contributed by atoms with van der Waals surface area (Å²) >= 11 is 5.50. The van der Waals surface area contributed by atoms with E-state index in [1.54, 1.807) is 60.8 Å². The van der Waals surface area contributed by atoms with Gasteiger partial charge in [-0.1, -0.05) is 78.3 Å². The van der Waals surface area contributed by atoms with Crippen LogP contribution in [0.1, 0.15) is 90.2 Å². The Balaban J connectivity index is 0.000000235. The summed E-state index contributed by atoms with van der Waals surface area (Å²) in [5.41, 5.74) is 10.3. The van der Waals surface area contributed by atoms with E-state index in [9.17, 15) is 14.7 Å². The maximum Gasteiger partial charge on any atom is 1.00 e. The zero-order valence-electron chi connectivity index (χ0n) is 51.5. The van der Waals surface area contributed by atoms with Crippen LogP contribution < -0.4 is 64.6 Å². The second-order valence-electron chi connectivity index (χ2n) is 21.8. The molecular formula is C67H77ClN11NaO9. The van der Waals surface area contributed by atoms with Crippen molar-refractivity contribution in [3.63, 3.8) is 0 Å². The number of phenolic OH excluding ortho intramolecular Hbond substituents is 1. The Hall–Kier alpha value is -8.49. The van der Waals surface area contributed by atoms with Crippen LogP contribution in [0.3, 0.4) is 0 Å². The molecule has 2 amide bonds. The monoisotopic (exact) mass is 1240 g/mol. The van der Waals surface area contributed by atoms with Crippen LogP contribution in [0.2, 0.25) is 5.15 Å². The van der Waals surface area contributed by atoms with E-state index in [1.807, 2.05) is 121 Å². The van der Waals surface area contributed by atoms with Crippen molar-refractivity contribution in [1.29, 1.82) is 15.8 Å². The summed E-state index contributed by atoms with van der Waals surface area (Å²) < 4.78 is 22.8. The Morgan fingerprint density at radius 3 is 1.47 bits per heavy atom. The van der Waals surface area contributed by atoms with Gasteiger partial charge in [0, 0.05) is 64.2 Å². The Morgan fingerprint density at radius 2 is 1.07 bits per heavy atom. The molecule has 0 saturated carbocycles. The number of nitrogens with one attached hydrogen (secondary N) is 1. The SMILES string of the molecule is CC(C)(C)OC(=O)N1CC[C@@H](O)C1.Cc1ccc(Cl)nc1.Cc1ccc(N2CC[C@H](Oc3ccccc3C#N)C2)nc1.Cc1ccc(N2CC[C@H](Oc3ccccc3C(N)=O)C2)nc1.N#Cc1ccccc1O.N#Cc1ccccc1O[C@H]1CCNC1.[Na+].[OH-]. The molecule has 6 N–H and O–H groups in total. The average molecular weight is 1240 g/mol. The van der Waals surface area contributed by atoms with Crippen molar-refractivity contribution >= 4 is 35.2 Å². The van der Waals surface area contributed by atoms with Crippen LogP contribution >= 0.6 is 11.6 Å². The number of para-hydroxylation sites is 4. The van der Waals surface area contributed by atoms with Gasteiger partial charge in [0.05, 0.1) is 41.4 Å². The first kappa shape index (κ1) is 73.0. The number of nitriles is 3. The van der Waals surface area contributed by atoms with Gasteiger partial charge in [-0.3, -0.25) is 4.79 Å². The minimum atomic E-state index is -0.467. The topological polar surface area (TPSA) is 299 Å². The molecule has 462 valence electrons. The van der Waals surface area contributed by atoms with Gasteiger partial charge < -0.3 is 60.4 Å². The Labute approximate surface area is 549 Å². The number of hydrogen-bond acceptors (Lipinski definition) is 18. The molecule has 4 aromatic carbocycles. The summed E-state index contributed by atoms with van der Waals surface area (Å²) in [6.45, 7) is 17.8. The summed E-state index contributed by atoms with van der Waals surface area (Å²) in [7, 11) is 0. The predicted octanol–water partition coefficient (Wildman–Crippen LogP) is 7.49. The van der Waals surface area contributed by atoms with Gasteiger partial charge in [-0.25, -0.2) is 19.7 Å². The number of pyridine rings is 3. The molecule has 4 atom stereocenters. The molecule has 4 aliphatic rings. The van der Waals surface area contributed by atoms with Gasteiger partial charge in [-0.2, -0.15) is 15.8 Å². The molecule has 3 aromatic heterocycles. The number of primary amides is 1. The van der Waals surface area contributed by atoms with Gasteiger partial charge in [-0.15, -0.1) is 0 Å². The number of aromatic nitrogens is 3. The third kappa shape index (κ3) is 24.9. The molecular weight excluding hydrogens is 1160 g/mol. The van der Waals surface area contributed by atoms with E-state index in [-0.39, 0.29) is 71.3 Å². The number of nitrogens with zero attached hydrogens (tertiary/aromatic N) is 9. The number of phenols is 1. The number of halogens is 1. The standard InChI is InChI=1S/C17H19N3O2.C17H17N3O.C11H12N2O.C9H17NO3.C7H5NO.C6H6ClN.Na.H2O/c1-12-6-7-16(19-10-12)20-9-8-13(11-20)22-15-5-3-2-4-14(15)17(18)21;1-13-6-7-17(19-11-13)20-9-8-15(12-20)21-16-5-3-2-4-14(16)10-18;12-7-9-3-1-2-4-11(9)14-10-5-6-13-8-10;1-9(2,3)13-8(12)10-5-4-7(11)6-10;8-5-6-3-1-2-4-7(6)9;1-5-2-3-6(7)8-4-5;;/h2-7,10,13H,8-9,11H2,1H3,(H2,18,21);2-7,11,15H,8-9,12H2,1H3;1-4,10,13H,5-6,8H2;7,11H,4-6H2,1-3H3;1-4,9H;2-4H,1H3;;1H2/q;;;;;;+1;/p-1/t13-;15-;10-;7-;;;;/m0001..../s1. The minimum Gasteiger partial charge on any atom is -0.870 e. The molecule has 4 fully saturated rings. The number of likely N-dealkylation sites (tertiary alicyclic amines) is 1. The molecule has 4 aliphatic heterocycles. The molecule has 20 nitrogen and oxygen atoms in total. The third-order valence-corrected chi connectivity index (χ3v) is 13.7. The molecule has 7 aromatic rings. The van der Waals surface area contributed by atoms with Crippen LogP contribution in [-0.4, -0.2) is 130 Å². The number of aromatic hydroxyl groups is 1. The van der Waals surface area contributed by atoms with E-state index in [1.165, 1.54) is 11.0 Å². The quantitative estimate of drug-likeness (QED) is 0.0804. The van der Waals surface area contributed by atoms with Crippen molar-refractivity contribution in [2.45, 2.75) is 97.2 Å². The van der Waals surface area contributed by atoms with Crippen LogP contribution in [0.5, 0.6) is 23.0 Å². The summed E-state index contributed by atoms with van der Waals surface area (Å²) in [5.74, 6) is 3.44. The van der Waals surface area contributed by atoms with Crippen LogP contribution in [0, 0.1) is 54.8 Å². The van der Waals surface area contributed by atoms with Gasteiger partial charge in [-0.05, 0) is 144 Å². The number of rotatable bonds is 9. The number of aliphatic hydroxyl groups excluding tert-OH is 1. The second-order valence-corrected chi connectivity index (χ2v) is 22.2. The van der Waals surface area contributed by atoms with Crippen LogP contribution in [-0.2, 0) is 4.74 Å². The van der Waals surface area contributed by atoms with E-state index in [2.05, 4.69) is 54.3 Å². The van der Waals surface area contributed by atoms with Crippen LogP contribution in [0.15, 0.2) is 152 Å². The number of aliphatic hydroxyl groups is 1. The molecule has 7 heterocycles. The average Bonchev–Trinajstić information content (AvgIpc) is 3.25. The van der Waals surface area contributed by atoms with Gasteiger partial charge in [0.15, 0.2) is 0 Å². The van der Waals surface area contributed by atoms with Gasteiger partial charge in [0.2, 0.25) is 0 Å². The molecule has 0 aliphatic carbocycles. The van der Waals surface area contributed by atoms with Gasteiger partial charge in [0.25, 0.3) is 5.91 Å². The predicted molar refractivity (Wildman–Crippen MR) is 337 cm³/mol. The second kappa shape index (κ2) is 37.4. The fourth-order valence-corrected chi connectivity index (χ4v) is 9.09. The number of carbonyl (C=O) groups is 2. The number of hydrogen-bond donors (Lipinski definition) is 4. The van der Waals surface area contributed by atoms with E-state index >= 15 is 0 Å². The maximum atomic E-state index is 11.4. The summed E-state index contributed by atoms with van der Waals surface area (Å²) in [6.07, 6.45) is 8.62. The Kier molecular flexibility index (Phi) is 30.6. The number of β-amino-alcohol motifs (C(OH)–C–C–N with tert-alkyl or cyclic N) is 1.